The molecule has 3 aromatic heterocycles. The lowest BCUT2D eigenvalue weighted by Gasteiger charge is -2.37. The number of nitrogens with one attached hydrogen (secondary N) is 1. The Morgan fingerprint density at radius 1 is 1.25 bits per heavy atom. The van der Waals surface area contributed by atoms with E-state index in [0.29, 0.717) is 32.1 Å². The number of anilines is 1. The average molecular weight is 383 g/mol. The van der Waals surface area contributed by atoms with Gasteiger partial charge in [0.15, 0.2) is 11.9 Å². The number of carbonyl (C=O) groups excluding carboxylic acids is 1. The van der Waals surface area contributed by atoms with Gasteiger partial charge in [-0.1, -0.05) is 0 Å². The highest BCUT2D eigenvalue weighted by molar-refractivity contribution is 5.93. The Morgan fingerprint density at radius 3 is 2.75 bits per heavy atom. The van der Waals surface area contributed by atoms with E-state index < -0.39 is 0 Å². The molecule has 0 radical (unpaired) electrons. The number of aromatic nitrogens is 5. The predicted octanol–water partition coefficient (Wildman–Crippen LogP) is 1.02. The van der Waals surface area contributed by atoms with Crippen molar-refractivity contribution in [2.24, 2.45) is 7.05 Å². The minimum Gasteiger partial charge on any atom is -0.441 e. The van der Waals surface area contributed by atoms with Gasteiger partial charge in [0.25, 0.3) is 0 Å². The molecule has 1 amide bonds. The fourth-order valence-electron chi connectivity index (χ4n) is 3.50. The van der Waals surface area contributed by atoms with Gasteiger partial charge in [-0.3, -0.25) is 4.68 Å². The first-order valence-corrected chi connectivity index (χ1v) is 9.29. The van der Waals surface area contributed by atoms with Crippen LogP contribution in [0.1, 0.15) is 0 Å². The maximum absolute atomic E-state index is 12.2. The zero-order chi connectivity index (χ0) is 19.1. The Balaban J connectivity index is 1.32. The van der Waals surface area contributed by atoms with Gasteiger partial charge >= 0.3 is 6.09 Å². The summed E-state index contributed by atoms with van der Waals surface area (Å²) in [7, 11) is 1.84. The van der Waals surface area contributed by atoms with Gasteiger partial charge in [0, 0.05) is 50.5 Å². The maximum Gasteiger partial charge on any atom is 0.410 e. The summed E-state index contributed by atoms with van der Waals surface area (Å²) in [6.07, 6.45) is 3.12. The third kappa shape index (κ3) is 3.05. The summed E-state index contributed by atoms with van der Waals surface area (Å²) < 4.78 is 12.1. The third-order valence-corrected chi connectivity index (χ3v) is 5.10. The number of nitrogens with zero attached hydrogens (tertiary/aromatic N) is 6. The van der Waals surface area contributed by atoms with Gasteiger partial charge in [0.1, 0.15) is 12.0 Å². The molecule has 2 saturated heterocycles. The van der Waals surface area contributed by atoms with Crippen LogP contribution in [0.15, 0.2) is 24.7 Å². The molecule has 28 heavy (non-hydrogen) atoms. The van der Waals surface area contributed by atoms with E-state index in [1.165, 1.54) is 0 Å². The topological polar surface area (TPSA) is 101 Å². The molecule has 5 heterocycles. The minimum atomic E-state index is -0.252. The second-order valence-electron chi connectivity index (χ2n) is 7.03. The van der Waals surface area contributed by atoms with Crippen LogP contribution < -0.4 is 4.90 Å². The Kier molecular flexibility index (Phi) is 4.12. The summed E-state index contributed by atoms with van der Waals surface area (Å²) in [4.78, 5) is 28.3. The summed E-state index contributed by atoms with van der Waals surface area (Å²) in [5.74, 6) is 0.638. The van der Waals surface area contributed by atoms with Gasteiger partial charge in [0.2, 0.25) is 0 Å². The molecule has 2 fully saturated rings. The van der Waals surface area contributed by atoms with Crippen LogP contribution in [0.3, 0.4) is 0 Å². The molecule has 0 saturated carbocycles. The largest absolute Gasteiger partial charge is 0.441 e. The Hall–Kier alpha value is -3.14. The van der Waals surface area contributed by atoms with Crippen molar-refractivity contribution in [3.05, 3.63) is 24.7 Å². The van der Waals surface area contributed by atoms with E-state index in [9.17, 15) is 4.79 Å². The second-order valence-corrected chi connectivity index (χ2v) is 7.03. The lowest BCUT2D eigenvalue weighted by atomic mass is 10.2. The van der Waals surface area contributed by atoms with E-state index in [1.807, 2.05) is 19.2 Å². The van der Waals surface area contributed by atoms with Gasteiger partial charge in [-0.25, -0.2) is 14.8 Å². The summed E-state index contributed by atoms with van der Waals surface area (Å²) in [6.45, 7) is 3.71. The summed E-state index contributed by atoms with van der Waals surface area (Å²) in [5.41, 5.74) is 2.72. The van der Waals surface area contributed by atoms with Gasteiger partial charge in [0.05, 0.1) is 18.9 Å². The SMILES string of the molecule is Cn1cnc(-c2cc3c(N4CCN(C(=O)OC5COC5)CC4)ccnc3[nH]2)n1. The quantitative estimate of drug-likeness (QED) is 0.720. The van der Waals surface area contributed by atoms with E-state index in [4.69, 9.17) is 9.47 Å². The predicted molar refractivity (Wildman–Crippen MR) is 101 cm³/mol. The lowest BCUT2D eigenvalue weighted by Crippen LogP contribution is -2.51. The van der Waals surface area contributed by atoms with Crippen molar-refractivity contribution in [2.75, 3.05) is 44.3 Å². The van der Waals surface area contributed by atoms with Crippen molar-refractivity contribution in [1.29, 1.82) is 0 Å². The molecule has 3 aromatic rings. The third-order valence-electron chi connectivity index (χ3n) is 5.10. The van der Waals surface area contributed by atoms with Crippen LogP contribution in [0.2, 0.25) is 0 Å². The molecular formula is C18H21N7O3. The summed E-state index contributed by atoms with van der Waals surface area (Å²) in [5, 5.41) is 5.37. The first-order chi connectivity index (χ1) is 13.7. The fourth-order valence-corrected chi connectivity index (χ4v) is 3.50. The molecule has 0 bridgehead atoms. The highest BCUT2D eigenvalue weighted by Crippen LogP contribution is 2.29. The first kappa shape index (κ1) is 17.0. The molecule has 2 aliphatic rings. The van der Waals surface area contributed by atoms with Crippen molar-refractivity contribution in [3.63, 3.8) is 0 Å². The zero-order valence-corrected chi connectivity index (χ0v) is 15.5. The van der Waals surface area contributed by atoms with Crippen molar-refractivity contribution < 1.29 is 14.3 Å². The first-order valence-electron chi connectivity index (χ1n) is 9.29. The standard InChI is InChI=1S/C18H21N7O3/c1-23-11-20-17(22-23)14-8-13-15(2-3-19-16(13)21-14)24-4-6-25(7-5-24)18(26)28-12-9-27-10-12/h2-3,8,11-12H,4-7,9-10H2,1H3,(H,19,21). The maximum atomic E-state index is 12.2. The molecular weight excluding hydrogens is 362 g/mol. The van der Waals surface area contributed by atoms with Crippen molar-refractivity contribution in [2.45, 2.75) is 6.10 Å². The normalized spacial score (nSPS) is 17.8. The average Bonchev–Trinajstić information content (AvgIpc) is 3.30. The number of carbonyl (C=O) groups is 1. The van der Waals surface area contributed by atoms with Crippen LogP contribution in [-0.4, -0.2) is 81.2 Å². The molecule has 5 rings (SSSR count). The molecule has 0 unspecified atom stereocenters. The van der Waals surface area contributed by atoms with Crippen LogP contribution in [0.4, 0.5) is 10.5 Å². The molecule has 2 aliphatic heterocycles. The van der Waals surface area contributed by atoms with E-state index >= 15 is 0 Å². The monoisotopic (exact) mass is 383 g/mol. The van der Waals surface area contributed by atoms with E-state index in [0.717, 1.165) is 35.5 Å². The Morgan fingerprint density at radius 2 is 2.07 bits per heavy atom. The molecule has 10 nitrogen and oxygen atoms in total. The summed E-state index contributed by atoms with van der Waals surface area (Å²) in [6, 6.07) is 4.04. The van der Waals surface area contributed by atoms with Crippen LogP contribution in [0.5, 0.6) is 0 Å². The number of aromatic amines is 1. The van der Waals surface area contributed by atoms with E-state index in [1.54, 1.807) is 22.1 Å². The lowest BCUT2D eigenvalue weighted by molar-refractivity contribution is -0.104. The number of pyridine rings is 1. The number of fused-ring (bicyclic) bond motifs is 1. The number of piperazine rings is 1. The highest BCUT2D eigenvalue weighted by Gasteiger charge is 2.28. The number of hydrogen-bond acceptors (Lipinski definition) is 7. The van der Waals surface area contributed by atoms with Crippen LogP contribution in [0.25, 0.3) is 22.6 Å². The van der Waals surface area contributed by atoms with Gasteiger partial charge < -0.3 is 24.3 Å². The minimum absolute atomic E-state index is 0.0937. The van der Waals surface area contributed by atoms with E-state index in [-0.39, 0.29) is 12.2 Å². The molecule has 10 heteroatoms. The summed E-state index contributed by atoms with van der Waals surface area (Å²) >= 11 is 0. The highest BCUT2D eigenvalue weighted by atomic mass is 16.6. The zero-order valence-electron chi connectivity index (χ0n) is 15.5. The van der Waals surface area contributed by atoms with Crippen molar-refractivity contribution in [1.82, 2.24) is 29.6 Å². The Bertz CT molecular complexity index is 1000. The number of amides is 1. The van der Waals surface area contributed by atoms with Gasteiger partial charge in [-0.15, -0.1) is 5.10 Å². The molecule has 0 atom stereocenters. The number of ether oxygens (including phenoxy) is 2. The molecule has 0 aliphatic carbocycles. The smallest absolute Gasteiger partial charge is 0.410 e. The molecule has 0 aromatic carbocycles. The number of hydrogen-bond donors (Lipinski definition) is 1. The van der Waals surface area contributed by atoms with Crippen LogP contribution in [0, 0.1) is 0 Å². The fraction of sp³-hybridized carbons (Fsp3) is 0.444. The molecule has 0 spiro atoms. The van der Waals surface area contributed by atoms with Gasteiger partial charge in [-0.2, -0.15) is 0 Å². The molecule has 146 valence electrons. The molecule has 1 N–H and O–H groups in total. The number of H-pyrrole nitrogens is 1. The van der Waals surface area contributed by atoms with Crippen molar-refractivity contribution in [3.8, 4) is 11.5 Å². The van der Waals surface area contributed by atoms with Crippen molar-refractivity contribution >= 4 is 22.8 Å². The second kappa shape index (κ2) is 6.79. The van der Waals surface area contributed by atoms with Crippen LogP contribution >= 0.6 is 0 Å². The Labute approximate surface area is 161 Å². The van der Waals surface area contributed by atoms with Crippen LogP contribution in [-0.2, 0) is 16.5 Å². The number of rotatable bonds is 3. The number of aryl methyl sites for hydroxylation is 1. The van der Waals surface area contributed by atoms with Gasteiger partial charge in [-0.05, 0) is 12.1 Å². The van der Waals surface area contributed by atoms with E-state index in [2.05, 4.69) is 25.0 Å².